The summed E-state index contributed by atoms with van der Waals surface area (Å²) in [5, 5.41) is 6.84. The summed E-state index contributed by atoms with van der Waals surface area (Å²) in [6.45, 7) is 4.28. The Bertz CT molecular complexity index is 1300. The Morgan fingerprint density at radius 1 is 1.13 bits per heavy atom. The molecule has 206 valence electrons. The van der Waals surface area contributed by atoms with Crippen LogP contribution >= 0.6 is 0 Å². The fraction of sp³-hybridized carbons (Fsp3) is 0.414. The van der Waals surface area contributed by atoms with E-state index in [0.717, 1.165) is 67.4 Å². The van der Waals surface area contributed by atoms with E-state index < -0.39 is 0 Å². The predicted molar refractivity (Wildman–Crippen MR) is 146 cm³/mol. The van der Waals surface area contributed by atoms with Crippen molar-refractivity contribution >= 4 is 23.7 Å². The van der Waals surface area contributed by atoms with E-state index >= 15 is 0 Å². The number of hydrogen-bond donors (Lipinski definition) is 1. The summed E-state index contributed by atoms with van der Waals surface area (Å²) in [5.74, 6) is 0.564. The highest BCUT2D eigenvalue weighted by Crippen LogP contribution is 2.44. The molecule has 3 aliphatic heterocycles. The van der Waals surface area contributed by atoms with Gasteiger partial charge in [0.2, 0.25) is 12.3 Å². The Morgan fingerprint density at radius 3 is 2.54 bits per heavy atom. The van der Waals surface area contributed by atoms with E-state index in [2.05, 4.69) is 27.4 Å². The van der Waals surface area contributed by atoms with Crippen molar-refractivity contribution in [1.29, 1.82) is 0 Å². The van der Waals surface area contributed by atoms with E-state index in [4.69, 9.17) is 9.47 Å². The third-order valence-corrected chi connectivity index (χ3v) is 7.74. The van der Waals surface area contributed by atoms with Crippen LogP contribution in [0.3, 0.4) is 0 Å². The quantitative estimate of drug-likeness (QED) is 0.503. The maximum absolute atomic E-state index is 12.6. The molecule has 2 aromatic carbocycles. The van der Waals surface area contributed by atoms with Crippen LogP contribution in [0.25, 0.3) is 0 Å². The lowest BCUT2D eigenvalue weighted by Gasteiger charge is -2.53. The van der Waals surface area contributed by atoms with E-state index in [1.54, 1.807) is 36.5 Å². The molecule has 2 saturated heterocycles. The number of fused-ring (bicyclic) bond motifs is 1. The van der Waals surface area contributed by atoms with Gasteiger partial charge in [-0.25, -0.2) is 9.07 Å². The third-order valence-electron chi connectivity index (χ3n) is 7.74. The molecule has 1 spiro atoms. The number of ether oxygens (including phenoxy) is 2. The van der Waals surface area contributed by atoms with Gasteiger partial charge in [-0.2, -0.15) is 5.10 Å². The van der Waals surface area contributed by atoms with Crippen LogP contribution in [0.4, 0.5) is 15.8 Å². The molecule has 1 unspecified atom stereocenters. The minimum Gasteiger partial charge on any atom is -0.489 e. The van der Waals surface area contributed by atoms with Crippen molar-refractivity contribution in [2.45, 2.75) is 25.3 Å². The lowest BCUT2D eigenvalue weighted by molar-refractivity contribution is -0.120. The first kappa shape index (κ1) is 26.8. The predicted octanol–water partition coefficient (Wildman–Crippen LogP) is 2.90. The molecule has 0 radical (unpaired) electrons. The van der Waals surface area contributed by atoms with Gasteiger partial charge in [-0.1, -0.05) is 12.1 Å². The van der Waals surface area contributed by atoms with Crippen LogP contribution in [0.15, 0.2) is 54.9 Å². The molecule has 10 heteroatoms. The minimum absolute atomic E-state index is 0.0397. The van der Waals surface area contributed by atoms with Gasteiger partial charge in [-0.15, -0.1) is 0 Å². The Balaban J connectivity index is 0.000000177. The molecule has 6 rings (SSSR count). The largest absolute Gasteiger partial charge is 0.489 e. The highest BCUT2D eigenvalue weighted by Gasteiger charge is 2.44. The third kappa shape index (κ3) is 5.97. The van der Waals surface area contributed by atoms with Crippen molar-refractivity contribution < 1.29 is 23.5 Å². The molecule has 1 N–H and O–H groups in total. The number of aromatic nitrogens is 2. The van der Waals surface area contributed by atoms with Crippen molar-refractivity contribution in [3.05, 3.63) is 71.8 Å². The zero-order valence-electron chi connectivity index (χ0n) is 22.3. The molecule has 1 amide bonds. The molecule has 3 aliphatic rings. The summed E-state index contributed by atoms with van der Waals surface area (Å²) < 4.78 is 25.1. The number of hydrogen-bond acceptors (Lipinski definition) is 7. The number of halogens is 1. The molecule has 2 fully saturated rings. The van der Waals surface area contributed by atoms with E-state index in [1.807, 2.05) is 13.1 Å². The standard InChI is InChI=1S/C18H25N3O3.C11H9FN2O/c1-19-14-10-24-16-4-3-13(9-15(16)20(2)17(14)22)21-11-18(12-21)5-7-23-8-6-18;12-11-3-1-9(2-4-11)5-10-6-13-14(7-10)8-15/h3-4,9,14,19H,5-8,10-12H2,1-2H3;1-4,6-8H,5H2. The van der Waals surface area contributed by atoms with Gasteiger partial charge in [0, 0.05) is 57.1 Å². The highest BCUT2D eigenvalue weighted by molar-refractivity contribution is 5.99. The summed E-state index contributed by atoms with van der Waals surface area (Å²) in [6.07, 6.45) is 6.86. The summed E-state index contributed by atoms with van der Waals surface area (Å²) in [7, 11) is 3.61. The Kier molecular flexibility index (Phi) is 7.94. The number of amides is 1. The van der Waals surface area contributed by atoms with Crippen molar-refractivity contribution in [3.63, 3.8) is 0 Å². The fourth-order valence-corrected chi connectivity index (χ4v) is 5.32. The fourth-order valence-electron chi connectivity index (χ4n) is 5.32. The zero-order valence-corrected chi connectivity index (χ0v) is 22.3. The van der Waals surface area contributed by atoms with Crippen LogP contribution in [-0.4, -0.2) is 75.1 Å². The van der Waals surface area contributed by atoms with Crippen LogP contribution in [0.1, 0.15) is 24.0 Å². The summed E-state index contributed by atoms with van der Waals surface area (Å²) in [5.41, 5.74) is 4.36. The van der Waals surface area contributed by atoms with Crippen molar-refractivity contribution in [2.24, 2.45) is 5.41 Å². The van der Waals surface area contributed by atoms with Gasteiger partial charge < -0.3 is 24.6 Å². The topological polar surface area (TPSA) is 88.9 Å². The molecular weight excluding hydrogens is 501 g/mol. The molecular formula is C29H34FN5O4. The molecule has 0 aliphatic carbocycles. The monoisotopic (exact) mass is 535 g/mol. The second-order valence-electron chi connectivity index (χ2n) is 10.4. The van der Waals surface area contributed by atoms with Gasteiger partial charge in [-0.05, 0) is 61.3 Å². The number of rotatable bonds is 5. The van der Waals surface area contributed by atoms with Crippen LogP contribution in [0, 0.1) is 11.2 Å². The summed E-state index contributed by atoms with van der Waals surface area (Å²) >= 11 is 0. The SMILES string of the molecule is CNC1COc2ccc(N3CC4(CCOCC4)C3)cc2N(C)C1=O.O=Cn1cc(Cc2ccc(F)cc2)cn1. The summed E-state index contributed by atoms with van der Waals surface area (Å²) in [6, 6.07) is 12.1. The van der Waals surface area contributed by atoms with Crippen LogP contribution < -0.4 is 19.9 Å². The lowest BCUT2D eigenvalue weighted by atomic mass is 9.73. The van der Waals surface area contributed by atoms with E-state index in [9.17, 15) is 14.0 Å². The number of nitrogens with one attached hydrogen (secondary N) is 1. The Hall–Kier alpha value is -3.76. The molecule has 1 aromatic heterocycles. The Morgan fingerprint density at radius 2 is 1.87 bits per heavy atom. The van der Waals surface area contributed by atoms with Gasteiger partial charge in [-0.3, -0.25) is 9.59 Å². The molecule has 0 bridgehead atoms. The molecule has 0 saturated carbocycles. The normalized spacial score (nSPS) is 19.8. The maximum atomic E-state index is 12.6. The Labute approximate surface area is 227 Å². The zero-order chi connectivity index (χ0) is 27.4. The van der Waals surface area contributed by atoms with Gasteiger partial charge in [0.15, 0.2) is 0 Å². The lowest BCUT2D eigenvalue weighted by Crippen LogP contribution is -2.58. The first-order valence-electron chi connectivity index (χ1n) is 13.2. The molecule has 39 heavy (non-hydrogen) atoms. The van der Waals surface area contributed by atoms with Crippen molar-refractivity contribution in [1.82, 2.24) is 15.1 Å². The first-order chi connectivity index (χ1) is 18.9. The number of nitrogens with zero attached hydrogens (tertiary/aromatic N) is 4. The van der Waals surface area contributed by atoms with E-state index in [1.165, 1.54) is 16.8 Å². The van der Waals surface area contributed by atoms with Crippen LogP contribution in [-0.2, 0) is 20.7 Å². The highest BCUT2D eigenvalue weighted by atomic mass is 19.1. The number of likely N-dealkylation sites (N-methyl/N-ethyl adjacent to an activating group) is 2. The van der Waals surface area contributed by atoms with Crippen molar-refractivity contribution in [2.75, 3.05) is 56.8 Å². The van der Waals surface area contributed by atoms with Crippen LogP contribution in [0.2, 0.25) is 0 Å². The second kappa shape index (κ2) is 11.5. The summed E-state index contributed by atoms with van der Waals surface area (Å²) in [4.78, 5) is 27.0. The number of anilines is 2. The number of benzene rings is 2. The van der Waals surface area contributed by atoms with Crippen LogP contribution in [0.5, 0.6) is 5.75 Å². The van der Waals surface area contributed by atoms with Gasteiger partial charge >= 0.3 is 0 Å². The van der Waals surface area contributed by atoms with Gasteiger partial charge in [0.1, 0.15) is 24.2 Å². The maximum Gasteiger partial charge on any atom is 0.247 e. The van der Waals surface area contributed by atoms with Crippen molar-refractivity contribution in [3.8, 4) is 5.75 Å². The van der Waals surface area contributed by atoms with Gasteiger partial charge in [0.05, 0.1) is 11.9 Å². The average molecular weight is 536 g/mol. The van der Waals surface area contributed by atoms with E-state index in [-0.39, 0.29) is 17.8 Å². The average Bonchev–Trinajstić information content (AvgIpc) is 3.36. The molecule has 3 aromatic rings. The number of carbonyl (C=O) groups is 2. The molecule has 9 nitrogen and oxygen atoms in total. The minimum atomic E-state index is -0.305. The smallest absolute Gasteiger partial charge is 0.247 e. The first-order valence-corrected chi connectivity index (χ1v) is 13.2. The van der Waals surface area contributed by atoms with Gasteiger partial charge in [0.25, 0.3) is 0 Å². The molecule has 1 atom stereocenters. The second-order valence-corrected chi connectivity index (χ2v) is 10.4. The van der Waals surface area contributed by atoms with E-state index in [0.29, 0.717) is 24.9 Å². The number of carbonyl (C=O) groups excluding carboxylic acids is 2. The molecule has 4 heterocycles.